The van der Waals surface area contributed by atoms with Crippen LogP contribution < -0.4 is 14.3 Å². The van der Waals surface area contributed by atoms with Crippen LogP contribution in [-0.4, -0.2) is 13.3 Å². The molecular formula is C9H10ClNO2. The van der Waals surface area contributed by atoms with Gasteiger partial charge in [0.05, 0.1) is 0 Å². The lowest BCUT2D eigenvalue weighted by Gasteiger charge is -2.01. The van der Waals surface area contributed by atoms with Gasteiger partial charge in [0.15, 0.2) is 11.5 Å². The molecule has 0 bridgehead atoms. The molecule has 0 fully saturated rings. The van der Waals surface area contributed by atoms with E-state index in [2.05, 4.69) is 4.84 Å². The van der Waals surface area contributed by atoms with Crippen molar-refractivity contribution in [3.05, 3.63) is 23.8 Å². The van der Waals surface area contributed by atoms with E-state index in [0.29, 0.717) is 6.79 Å². The van der Waals surface area contributed by atoms with Crippen LogP contribution in [-0.2, 0) is 6.42 Å². The summed E-state index contributed by atoms with van der Waals surface area (Å²) in [6.07, 6.45) is 0.889. The van der Waals surface area contributed by atoms with Gasteiger partial charge in [-0.2, -0.15) is 0 Å². The van der Waals surface area contributed by atoms with Crippen molar-refractivity contribution in [1.82, 2.24) is 4.84 Å². The molecule has 0 amide bonds. The summed E-state index contributed by atoms with van der Waals surface area (Å²) >= 11 is 5.36. The zero-order valence-electron chi connectivity index (χ0n) is 7.05. The van der Waals surface area contributed by atoms with Gasteiger partial charge in [0, 0.05) is 6.54 Å². The average molecular weight is 200 g/mol. The summed E-state index contributed by atoms with van der Waals surface area (Å²) in [5.41, 5.74) is 1.19. The smallest absolute Gasteiger partial charge is 0.231 e. The molecule has 1 heterocycles. The van der Waals surface area contributed by atoms with Gasteiger partial charge >= 0.3 is 0 Å². The standard InChI is InChI=1S/C9H10ClNO2/c10-11-4-3-7-1-2-8-9(5-7)13-6-12-8/h1-2,5,11H,3-4,6H2. The second-order valence-electron chi connectivity index (χ2n) is 2.82. The fourth-order valence-corrected chi connectivity index (χ4v) is 1.38. The van der Waals surface area contributed by atoms with Gasteiger partial charge in [0.1, 0.15) is 0 Å². The SMILES string of the molecule is ClNCCc1ccc2c(c1)OCO2. The number of ether oxygens (including phenoxy) is 2. The minimum absolute atomic E-state index is 0.326. The van der Waals surface area contributed by atoms with Crippen LogP contribution in [0.15, 0.2) is 18.2 Å². The van der Waals surface area contributed by atoms with Gasteiger partial charge < -0.3 is 9.47 Å². The highest BCUT2D eigenvalue weighted by molar-refractivity contribution is 6.13. The molecule has 0 radical (unpaired) electrons. The second-order valence-corrected chi connectivity index (χ2v) is 3.09. The second kappa shape index (κ2) is 3.85. The molecule has 1 aliphatic heterocycles. The molecule has 3 nitrogen and oxygen atoms in total. The van der Waals surface area contributed by atoms with Crippen molar-refractivity contribution >= 4 is 11.8 Å². The van der Waals surface area contributed by atoms with Crippen molar-refractivity contribution in [2.75, 3.05) is 13.3 Å². The first-order valence-corrected chi connectivity index (χ1v) is 4.50. The Bertz CT molecular complexity index is 304. The van der Waals surface area contributed by atoms with E-state index in [9.17, 15) is 0 Å². The van der Waals surface area contributed by atoms with E-state index >= 15 is 0 Å². The highest BCUT2D eigenvalue weighted by Gasteiger charge is 2.12. The molecule has 1 aromatic rings. The number of nitrogens with one attached hydrogen (secondary N) is 1. The monoisotopic (exact) mass is 199 g/mol. The van der Waals surface area contributed by atoms with Crippen molar-refractivity contribution in [1.29, 1.82) is 0 Å². The quantitative estimate of drug-likeness (QED) is 0.752. The fraction of sp³-hybridized carbons (Fsp3) is 0.333. The summed E-state index contributed by atoms with van der Waals surface area (Å²) in [5, 5.41) is 0. The van der Waals surface area contributed by atoms with Crippen LogP contribution in [0.1, 0.15) is 5.56 Å². The topological polar surface area (TPSA) is 30.5 Å². The van der Waals surface area contributed by atoms with Crippen molar-refractivity contribution in [3.8, 4) is 11.5 Å². The van der Waals surface area contributed by atoms with E-state index in [-0.39, 0.29) is 0 Å². The number of benzene rings is 1. The highest BCUT2D eigenvalue weighted by atomic mass is 35.5. The van der Waals surface area contributed by atoms with Crippen LogP contribution in [0.25, 0.3) is 0 Å². The van der Waals surface area contributed by atoms with Gasteiger partial charge in [-0.05, 0) is 35.9 Å². The maximum atomic E-state index is 5.36. The lowest BCUT2D eigenvalue weighted by atomic mass is 10.1. The molecule has 0 saturated heterocycles. The highest BCUT2D eigenvalue weighted by Crippen LogP contribution is 2.32. The molecule has 0 atom stereocenters. The summed E-state index contributed by atoms with van der Waals surface area (Å²) in [5.74, 6) is 1.65. The van der Waals surface area contributed by atoms with Gasteiger partial charge in [-0.25, -0.2) is 4.84 Å². The Morgan fingerprint density at radius 1 is 1.31 bits per heavy atom. The fourth-order valence-electron chi connectivity index (χ4n) is 1.29. The summed E-state index contributed by atoms with van der Waals surface area (Å²) in [4.78, 5) is 2.58. The molecule has 0 spiro atoms. The molecule has 1 aliphatic rings. The molecule has 0 saturated carbocycles. The first kappa shape index (κ1) is 8.66. The van der Waals surface area contributed by atoms with Crippen LogP contribution in [0.5, 0.6) is 11.5 Å². The van der Waals surface area contributed by atoms with E-state index in [4.69, 9.17) is 21.3 Å². The summed E-state index contributed by atoms with van der Waals surface area (Å²) < 4.78 is 10.4. The van der Waals surface area contributed by atoms with Crippen molar-refractivity contribution in [2.45, 2.75) is 6.42 Å². The van der Waals surface area contributed by atoms with E-state index < -0.39 is 0 Å². The number of hydrogen-bond donors (Lipinski definition) is 1. The predicted octanol–water partition coefficient (Wildman–Crippen LogP) is 1.70. The Morgan fingerprint density at radius 3 is 3.00 bits per heavy atom. The first-order chi connectivity index (χ1) is 6.40. The Labute approximate surface area is 81.7 Å². The third-order valence-corrected chi connectivity index (χ3v) is 2.13. The molecular weight excluding hydrogens is 190 g/mol. The normalized spacial score (nSPS) is 13.3. The Hall–Kier alpha value is -0.930. The van der Waals surface area contributed by atoms with Gasteiger partial charge in [-0.3, -0.25) is 0 Å². The Morgan fingerprint density at radius 2 is 2.15 bits per heavy atom. The van der Waals surface area contributed by atoms with Crippen molar-refractivity contribution in [3.63, 3.8) is 0 Å². The average Bonchev–Trinajstić information content (AvgIpc) is 2.61. The maximum absolute atomic E-state index is 5.36. The molecule has 0 aliphatic carbocycles. The van der Waals surface area contributed by atoms with Crippen LogP contribution in [0.4, 0.5) is 0 Å². The maximum Gasteiger partial charge on any atom is 0.231 e. The molecule has 70 valence electrons. The largest absolute Gasteiger partial charge is 0.454 e. The van der Waals surface area contributed by atoms with Crippen molar-refractivity contribution < 1.29 is 9.47 Å². The summed E-state index contributed by atoms with van der Waals surface area (Å²) in [6.45, 7) is 1.08. The molecule has 0 unspecified atom stereocenters. The molecule has 4 heteroatoms. The Kier molecular flexibility index (Phi) is 2.57. The molecule has 0 aromatic heterocycles. The zero-order valence-corrected chi connectivity index (χ0v) is 7.80. The van der Waals surface area contributed by atoms with E-state index in [0.717, 1.165) is 24.5 Å². The number of halogens is 1. The van der Waals surface area contributed by atoms with Crippen LogP contribution in [0.3, 0.4) is 0 Å². The van der Waals surface area contributed by atoms with Crippen LogP contribution in [0, 0.1) is 0 Å². The molecule has 1 N–H and O–H groups in total. The van der Waals surface area contributed by atoms with E-state index in [1.54, 1.807) is 0 Å². The van der Waals surface area contributed by atoms with Gasteiger partial charge in [0.25, 0.3) is 0 Å². The zero-order chi connectivity index (χ0) is 9.10. The third kappa shape index (κ3) is 1.87. The minimum atomic E-state index is 0.326. The molecule has 1 aromatic carbocycles. The van der Waals surface area contributed by atoms with Gasteiger partial charge in [0.2, 0.25) is 6.79 Å². The van der Waals surface area contributed by atoms with Gasteiger partial charge in [-0.15, -0.1) is 0 Å². The number of hydrogen-bond acceptors (Lipinski definition) is 3. The van der Waals surface area contributed by atoms with E-state index in [1.165, 1.54) is 5.56 Å². The first-order valence-electron chi connectivity index (χ1n) is 4.12. The van der Waals surface area contributed by atoms with E-state index in [1.807, 2.05) is 18.2 Å². The van der Waals surface area contributed by atoms with Crippen LogP contribution >= 0.6 is 11.8 Å². The third-order valence-electron chi connectivity index (χ3n) is 1.95. The molecule has 2 rings (SSSR count). The molecule has 13 heavy (non-hydrogen) atoms. The lowest BCUT2D eigenvalue weighted by Crippen LogP contribution is -2.04. The minimum Gasteiger partial charge on any atom is -0.454 e. The van der Waals surface area contributed by atoms with Crippen molar-refractivity contribution in [2.24, 2.45) is 0 Å². The summed E-state index contributed by atoms with van der Waals surface area (Å²) in [6, 6.07) is 5.92. The van der Waals surface area contributed by atoms with Gasteiger partial charge in [-0.1, -0.05) is 6.07 Å². The Balaban J connectivity index is 2.12. The number of rotatable bonds is 3. The number of fused-ring (bicyclic) bond motifs is 1. The van der Waals surface area contributed by atoms with Crippen LogP contribution in [0.2, 0.25) is 0 Å². The lowest BCUT2D eigenvalue weighted by molar-refractivity contribution is 0.174. The predicted molar refractivity (Wildman–Crippen MR) is 50.1 cm³/mol. The summed E-state index contributed by atoms with van der Waals surface area (Å²) in [7, 11) is 0.